The van der Waals surface area contributed by atoms with Crippen molar-refractivity contribution in [2.45, 2.75) is 158 Å². The Balaban J connectivity index is 1.07. The molecule has 0 atom stereocenters. The molecule has 0 amide bonds. The number of hydrogen-bond acceptors (Lipinski definition) is 5. The molecule has 0 bridgehead atoms. The number of benzene rings is 9. The first-order chi connectivity index (χ1) is 46.1. The zero-order chi connectivity index (χ0) is 71.5. The molecule has 0 saturated carbocycles. The molecule has 6 heteroatoms. The number of para-hydroxylation sites is 3. The summed E-state index contributed by atoms with van der Waals surface area (Å²) in [6.07, 6.45) is 0.151. The van der Waals surface area contributed by atoms with Crippen molar-refractivity contribution in [3.8, 4) is 50.7 Å². The molecule has 3 aromatic heterocycles. The van der Waals surface area contributed by atoms with Gasteiger partial charge in [0, 0.05) is 54.0 Å². The van der Waals surface area contributed by atoms with Gasteiger partial charge in [0.25, 0.3) is 0 Å². The molecule has 0 fully saturated rings. The molecule has 0 N–H and O–H groups in total. The third-order valence-electron chi connectivity index (χ3n) is 19.4. The van der Waals surface area contributed by atoms with Crippen LogP contribution in [0.15, 0.2) is 199 Å². The van der Waals surface area contributed by atoms with E-state index in [1.807, 2.05) is 113 Å². The molecule has 9 aromatic carbocycles. The summed E-state index contributed by atoms with van der Waals surface area (Å²) in [6.45, 7) is 38.6. The number of rotatable bonds is 11. The number of furan rings is 1. The number of fused-ring (bicyclic) bond motifs is 8. The summed E-state index contributed by atoms with van der Waals surface area (Å²) >= 11 is 0. The van der Waals surface area contributed by atoms with Gasteiger partial charge >= 0.3 is 0 Å². The zero-order valence-electron chi connectivity index (χ0n) is 64.3. The molecule has 6 nitrogen and oxygen atoms in total. The van der Waals surface area contributed by atoms with Gasteiger partial charge in [0.2, 0.25) is 0 Å². The quantitative estimate of drug-likeness (QED) is 0.129. The molecular weight excluding hydrogens is 1110 g/mol. The first-order valence-corrected chi connectivity index (χ1v) is 32.0. The highest BCUT2D eigenvalue weighted by molar-refractivity contribution is 6.24. The molecule has 0 unspecified atom stereocenters. The van der Waals surface area contributed by atoms with Crippen LogP contribution in [0.5, 0.6) is 11.5 Å². The number of nitrogens with zero attached hydrogens (tertiary/aromatic N) is 4. The van der Waals surface area contributed by atoms with Crippen molar-refractivity contribution < 1.29 is 20.1 Å². The van der Waals surface area contributed by atoms with Crippen LogP contribution in [0.25, 0.3) is 82.9 Å². The van der Waals surface area contributed by atoms with Gasteiger partial charge in [-0.3, -0.25) is 4.57 Å². The molecule has 1 aliphatic rings. The van der Waals surface area contributed by atoms with E-state index in [2.05, 4.69) is 184 Å². The van der Waals surface area contributed by atoms with E-state index in [-0.39, 0.29) is 52.1 Å². The van der Waals surface area contributed by atoms with Crippen LogP contribution in [-0.2, 0) is 21.7 Å². The Morgan fingerprint density at radius 1 is 0.505 bits per heavy atom. The second-order valence-electron chi connectivity index (χ2n) is 30.2. The maximum atomic E-state index is 9.72. The second kappa shape index (κ2) is 22.2. The first-order valence-electron chi connectivity index (χ1n) is 36.0. The summed E-state index contributed by atoms with van der Waals surface area (Å²) < 4.78 is 91.6. The fourth-order valence-electron chi connectivity index (χ4n) is 13.1. The standard InChI is InChI=1S/C85H90N4O2/c1-52(2)64-30-26-31-65(53(3)4)77(64)56-43-61(49-63(44-56)90-62-35-36-68-74(50-62)89(76-48-57(39-40-86-76)85(17,18)84(14,15)16)73-38-37-67-66-29-22-25-34-75(66)91-80(67)78(68)73)87-51-88(72-33-24-23-32-71(72)87)79-69(54-27-20-19-21-28-54)46-60(83(11,12)13)47-70(79)55-41-58(81(5,6)7)45-59(42-55)82(8,9)10/h19-50,52-53H,51H2,1-18H3/i19D,20D,21D,27D,28D,40D,52D,53D. The van der Waals surface area contributed by atoms with Crippen molar-refractivity contribution in [1.29, 1.82) is 0 Å². The number of anilines is 4. The van der Waals surface area contributed by atoms with Gasteiger partial charge in [0.15, 0.2) is 0 Å². The van der Waals surface area contributed by atoms with Crippen molar-refractivity contribution >= 4 is 66.5 Å². The van der Waals surface area contributed by atoms with E-state index >= 15 is 0 Å². The third kappa shape index (κ3) is 10.9. The van der Waals surface area contributed by atoms with Gasteiger partial charge in [-0.15, -0.1) is 0 Å². The summed E-state index contributed by atoms with van der Waals surface area (Å²) in [4.78, 5) is 9.47. The predicted octanol–water partition coefficient (Wildman–Crippen LogP) is 24.6. The van der Waals surface area contributed by atoms with Gasteiger partial charge in [-0.1, -0.05) is 222 Å². The second-order valence-corrected chi connectivity index (χ2v) is 30.2. The van der Waals surface area contributed by atoms with Gasteiger partial charge < -0.3 is 19.0 Å². The SMILES string of the molecule is [2H]c1cc(C(C)(C)C(C)(C)C)cc(-n2c3cc(Oc4cc(-c5c(C([2H])(C)C)cccc5C([2H])(C)C)cc(N5CN(c6c(-c7cc(C(C)(C)C)cc(C(C)(C)C)c7)cc(C(C)(C)C)cc6-c6c([2H])c([2H])c([2H])c([2H])c6[2H])c6ccccc65)c4)ccc3c3c4oc5ccccc5c4ccc32)n1. The van der Waals surface area contributed by atoms with E-state index in [1.165, 1.54) is 0 Å². The molecule has 0 aliphatic carbocycles. The van der Waals surface area contributed by atoms with E-state index in [1.54, 1.807) is 0 Å². The van der Waals surface area contributed by atoms with Crippen LogP contribution in [-0.4, -0.2) is 16.2 Å². The summed E-state index contributed by atoms with van der Waals surface area (Å²) in [5, 5.41) is 3.81. The summed E-state index contributed by atoms with van der Waals surface area (Å²) in [7, 11) is 0. The van der Waals surface area contributed by atoms with Crippen molar-refractivity contribution in [2.75, 3.05) is 16.5 Å². The molecule has 1 aliphatic heterocycles. The average Bonchev–Trinajstić information content (AvgIpc) is 1.20. The Morgan fingerprint density at radius 2 is 1.11 bits per heavy atom. The van der Waals surface area contributed by atoms with Gasteiger partial charge in [-0.25, -0.2) is 4.98 Å². The van der Waals surface area contributed by atoms with Crippen molar-refractivity contribution in [3.05, 3.63) is 227 Å². The lowest BCUT2D eigenvalue weighted by Gasteiger charge is -2.39. The lowest BCUT2D eigenvalue weighted by Crippen LogP contribution is -2.34. The van der Waals surface area contributed by atoms with Crippen molar-refractivity contribution in [2.24, 2.45) is 5.41 Å². The monoisotopic (exact) mass is 1210 g/mol. The van der Waals surface area contributed by atoms with Gasteiger partial charge in [0.1, 0.15) is 35.2 Å². The van der Waals surface area contributed by atoms with Crippen LogP contribution in [0.2, 0.25) is 0 Å². The third-order valence-corrected chi connectivity index (χ3v) is 19.4. The molecule has 13 rings (SSSR count). The Hall–Kier alpha value is -8.87. The molecular formula is C85H90N4O2. The highest BCUT2D eigenvalue weighted by Crippen LogP contribution is 2.54. The molecule has 0 spiro atoms. The zero-order valence-corrected chi connectivity index (χ0v) is 56.3. The number of ether oxygens (including phenoxy) is 1. The Bertz CT molecular complexity index is 5190. The van der Waals surface area contributed by atoms with E-state index in [4.69, 9.17) is 18.3 Å². The molecule has 91 heavy (non-hydrogen) atoms. The van der Waals surface area contributed by atoms with Crippen LogP contribution in [0.4, 0.5) is 22.7 Å². The highest BCUT2D eigenvalue weighted by atomic mass is 16.5. The summed E-state index contributed by atoms with van der Waals surface area (Å²) in [5.41, 5.74) is 14.3. The largest absolute Gasteiger partial charge is 0.457 e. The van der Waals surface area contributed by atoms with Crippen LogP contribution in [0.3, 0.4) is 0 Å². The topological polar surface area (TPSA) is 46.7 Å². The first kappa shape index (κ1) is 51.8. The van der Waals surface area contributed by atoms with Crippen molar-refractivity contribution in [3.63, 3.8) is 0 Å². The average molecular weight is 1210 g/mol. The fraction of sp³-hybridized carbons (Fsp3) is 0.306. The van der Waals surface area contributed by atoms with E-state index in [0.29, 0.717) is 28.6 Å². The van der Waals surface area contributed by atoms with Crippen LogP contribution < -0.4 is 14.5 Å². The molecule has 0 radical (unpaired) electrons. The smallest absolute Gasteiger partial charge is 0.145 e. The highest BCUT2D eigenvalue weighted by Gasteiger charge is 2.37. The van der Waals surface area contributed by atoms with Gasteiger partial charge in [0.05, 0.1) is 41.7 Å². The van der Waals surface area contributed by atoms with Crippen LogP contribution >= 0.6 is 0 Å². The minimum absolute atomic E-state index is 0.107. The van der Waals surface area contributed by atoms with E-state index in [0.717, 1.165) is 116 Å². The van der Waals surface area contributed by atoms with Crippen molar-refractivity contribution in [1.82, 2.24) is 9.55 Å². The summed E-state index contributed by atoms with van der Waals surface area (Å²) in [5.74, 6) is -0.617. The Morgan fingerprint density at radius 3 is 1.75 bits per heavy atom. The lowest BCUT2D eigenvalue weighted by molar-refractivity contribution is 0.225. The molecule has 462 valence electrons. The fourth-order valence-corrected chi connectivity index (χ4v) is 13.1. The Kier molecular flexibility index (Phi) is 12.7. The Labute approximate surface area is 551 Å². The number of aromatic nitrogens is 2. The van der Waals surface area contributed by atoms with Crippen LogP contribution in [0.1, 0.15) is 181 Å². The maximum Gasteiger partial charge on any atom is 0.145 e. The van der Waals surface area contributed by atoms with Crippen LogP contribution in [0, 0.1) is 5.41 Å². The molecule has 0 saturated heterocycles. The maximum absolute atomic E-state index is 9.72. The summed E-state index contributed by atoms with van der Waals surface area (Å²) in [6, 6.07) is 51.9. The minimum atomic E-state index is -1.10. The molecule has 4 heterocycles. The minimum Gasteiger partial charge on any atom is -0.457 e. The number of pyridine rings is 1. The van der Waals surface area contributed by atoms with Gasteiger partial charge in [-0.05, 0) is 173 Å². The normalized spacial score (nSPS) is 15.0. The van der Waals surface area contributed by atoms with E-state index in [9.17, 15) is 6.85 Å². The number of hydrogen-bond donors (Lipinski definition) is 0. The van der Waals surface area contributed by atoms with E-state index < -0.39 is 35.3 Å². The lowest BCUT2D eigenvalue weighted by atomic mass is 9.65. The predicted molar refractivity (Wildman–Crippen MR) is 387 cm³/mol. The van der Waals surface area contributed by atoms with Gasteiger partial charge in [-0.2, -0.15) is 0 Å². The molecule has 12 aromatic rings.